The third kappa shape index (κ3) is 4.89. The zero-order valence-corrected chi connectivity index (χ0v) is 15.7. The van der Waals surface area contributed by atoms with Crippen LogP contribution in [0.15, 0.2) is 65.7 Å². The first-order chi connectivity index (χ1) is 11.2. The van der Waals surface area contributed by atoms with Crippen LogP contribution >= 0.6 is 9.64 Å². The van der Waals surface area contributed by atoms with E-state index in [-0.39, 0.29) is 17.0 Å². The summed E-state index contributed by atoms with van der Waals surface area (Å²) in [5.41, 5.74) is 1.12. The zero-order valence-electron chi connectivity index (χ0n) is 12.4. The van der Waals surface area contributed by atoms with Crippen LogP contribution in [0.3, 0.4) is 0 Å². The minimum absolute atomic E-state index is 0. The van der Waals surface area contributed by atoms with Crippen molar-refractivity contribution in [1.82, 2.24) is 0 Å². The van der Waals surface area contributed by atoms with Gasteiger partial charge in [0, 0.05) is 11.8 Å². The summed E-state index contributed by atoms with van der Waals surface area (Å²) >= 11 is -1.11. The summed E-state index contributed by atoms with van der Waals surface area (Å²) in [6.45, 7) is 0. The van der Waals surface area contributed by atoms with Crippen LogP contribution in [-0.2, 0) is 16.0 Å². The monoisotopic (exact) mass is 522 g/mol. The van der Waals surface area contributed by atoms with Crippen LogP contribution in [0, 0.1) is 3.88 Å². The molecule has 0 aromatic heterocycles. The van der Waals surface area contributed by atoms with E-state index in [1.54, 1.807) is 36.5 Å². The van der Waals surface area contributed by atoms with Crippen molar-refractivity contribution in [3.8, 4) is 11.5 Å². The van der Waals surface area contributed by atoms with Gasteiger partial charge in [0.05, 0.1) is 0 Å². The number of phenols is 2. The zero-order chi connectivity index (χ0) is 16.7. The van der Waals surface area contributed by atoms with E-state index in [2.05, 4.69) is 4.99 Å². The van der Waals surface area contributed by atoms with Crippen molar-refractivity contribution in [3.63, 3.8) is 0 Å². The van der Waals surface area contributed by atoms with Crippen molar-refractivity contribution in [1.29, 1.82) is 3.88 Å². The van der Waals surface area contributed by atoms with Gasteiger partial charge in [0.25, 0.3) is 0 Å². The first kappa shape index (κ1) is 19.8. The molecule has 0 atom stereocenters. The SMILES string of the molecule is O.Oc1ccccc1N=Cc1c(O)ccc2ccccc12.[N]#[Os][Cl]. The molecule has 0 aliphatic heterocycles. The van der Waals surface area contributed by atoms with Gasteiger partial charge in [0.1, 0.15) is 17.2 Å². The van der Waals surface area contributed by atoms with Crippen molar-refractivity contribution in [3.05, 3.63) is 66.2 Å². The molecule has 126 valence electrons. The van der Waals surface area contributed by atoms with Gasteiger partial charge in [-0.3, -0.25) is 4.99 Å². The summed E-state index contributed by atoms with van der Waals surface area (Å²) in [5, 5.41) is 21.7. The summed E-state index contributed by atoms with van der Waals surface area (Å²) in [6, 6.07) is 18.1. The Bertz CT molecular complexity index is 894. The molecular formula is C17H15ClN2O3Os. The molecule has 5 nitrogen and oxygen atoms in total. The molecule has 0 aliphatic rings. The number of rotatable bonds is 2. The Kier molecular flexibility index (Phi) is 8.12. The standard InChI is InChI=1S/C17H13NO2.ClH.N.H2O.Os/c19-16-10-9-12-5-1-2-6-13(12)14(16)11-18-15-7-3-4-8-17(15)20;;;;/h1-11,19-20H;1H;;1H2;/q;;;;+1/p-1. The number of hydrogen-bond donors (Lipinski definition) is 2. The summed E-state index contributed by atoms with van der Waals surface area (Å²) in [7, 11) is 4.69. The van der Waals surface area contributed by atoms with Gasteiger partial charge in [0.2, 0.25) is 0 Å². The molecule has 0 unspecified atom stereocenters. The topological polar surface area (TPSA) is 108 Å². The molecule has 24 heavy (non-hydrogen) atoms. The van der Waals surface area contributed by atoms with Crippen molar-refractivity contribution in [2.45, 2.75) is 0 Å². The van der Waals surface area contributed by atoms with E-state index in [1.807, 2.05) is 30.3 Å². The fourth-order valence-electron chi connectivity index (χ4n) is 2.13. The van der Waals surface area contributed by atoms with Gasteiger partial charge in [-0.25, -0.2) is 0 Å². The van der Waals surface area contributed by atoms with Gasteiger partial charge >= 0.3 is 29.6 Å². The number of aromatic hydroxyl groups is 2. The van der Waals surface area contributed by atoms with E-state index in [1.165, 1.54) is 0 Å². The molecule has 4 N–H and O–H groups in total. The maximum atomic E-state index is 10.0. The first-order valence-electron chi connectivity index (χ1n) is 6.57. The summed E-state index contributed by atoms with van der Waals surface area (Å²) in [5.74, 6) is 0.284. The van der Waals surface area contributed by atoms with Crippen molar-refractivity contribution in [2.75, 3.05) is 0 Å². The second-order valence-corrected chi connectivity index (χ2v) is 5.93. The molecule has 0 saturated heterocycles. The van der Waals surface area contributed by atoms with E-state index in [9.17, 15) is 10.2 Å². The van der Waals surface area contributed by atoms with Gasteiger partial charge in [0.15, 0.2) is 0 Å². The second-order valence-electron chi connectivity index (χ2n) is 4.53. The number of nitrogens with zero attached hydrogens (tertiary/aromatic N) is 2. The molecule has 0 spiro atoms. The Hall–Kier alpha value is -2.21. The van der Waals surface area contributed by atoms with Gasteiger partial charge in [-0.15, -0.1) is 0 Å². The molecule has 0 bridgehead atoms. The Balaban J connectivity index is 0.000000671. The number of aliphatic imine (C=N–C) groups is 1. The van der Waals surface area contributed by atoms with E-state index >= 15 is 0 Å². The number of hydrogen-bond acceptors (Lipinski definition) is 4. The molecule has 0 radical (unpaired) electrons. The van der Waals surface area contributed by atoms with Crippen LogP contribution < -0.4 is 0 Å². The molecule has 3 rings (SSSR count). The Morgan fingerprint density at radius 1 is 0.917 bits per heavy atom. The van der Waals surface area contributed by atoms with Crippen molar-refractivity contribution in [2.24, 2.45) is 4.99 Å². The first-order valence-corrected chi connectivity index (χ1v) is 10.9. The van der Waals surface area contributed by atoms with Gasteiger partial charge in [-0.1, -0.05) is 42.5 Å². The third-order valence-corrected chi connectivity index (χ3v) is 3.16. The molecule has 3 aromatic carbocycles. The molecule has 7 heteroatoms. The fraction of sp³-hybridized carbons (Fsp3) is 0. The summed E-state index contributed by atoms with van der Waals surface area (Å²) in [4.78, 5) is 4.25. The Morgan fingerprint density at radius 3 is 2.25 bits per heavy atom. The second kappa shape index (κ2) is 9.82. The van der Waals surface area contributed by atoms with E-state index < -0.39 is 16.0 Å². The fourth-order valence-corrected chi connectivity index (χ4v) is 2.13. The molecule has 0 fully saturated rings. The van der Waals surface area contributed by atoms with E-state index in [0.29, 0.717) is 11.3 Å². The molecule has 0 aliphatic carbocycles. The van der Waals surface area contributed by atoms with Crippen LogP contribution in [-0.4, -0.2) is 21.9 Å². The van der Waals surface area contributed by atoms with Crippen LogP contribution in [0.2, 0.25) is 0 Å². The predicted molar refractivity (Wildman–Crippen MR) is 92.2 cm³/mol. The summed E-state index contributed by atoms with van der Waals surface area (Å²) < 4.78 is 7.47. The number of fused-ring (bicyclic) bond motifs is 1. The van der Waals surface area contributed by atoms with E-state index in [4.69, 9.17) is 13.5 Å². The van der Waals surface area contributed by atoms with Crippen LogP contribution in [0.25, 0.3) is 10.8 Å². The van der Waals surface area contributed by atoms with Gasteiger partial charge < -0.3 is 15.7 Å². The van der Waals surface area contributed by atoms with Crippen LogP contribution in [0.5, 0.6) is 11.5 Å². The normalized spacial score (nSPS) is 10.0. The van der Waals surface area contributed by atoms with Crippen molar-refractivity contribution >= 4 is 32.3 Å². The average molecular weight is 521 g/mol. The van der Waals surface area contributed by atoms with Gasteiger partial charge in [-0.05, 0) is 29.0 Å². The van der Waals surface area contributed by atoms with Crippen molar-refractivity contribution < 1.29 is 31.7 Å². The number of benzene rings is 3. The Morgan fingerprint density at radius 2 is 1.54 bits per heavy atom. The average Bonchev–Trinajstić information content (AvgIpc) is 2.56. The number of halogens is 1. The molecule has 0 amide bonds. The maximum absolute atomic E-state index is 10.0. The summed E-state index contributed by atoms with van der Waals surface area (Å²) in [6.07, 6.45) is 1.58. The Labute approximate surface area is 150 Å². The number of phenolic OH excluding ortho intramolecular Hbond substituents is 2. The van der Waals surface area contributed by atoms with E-state index in [0.717, 1.165) is 10.8 Å². The van der Waals surface area contributed by atoms with Crippen LogP contribution in [0.4, 0.5) is 5.69 Å². The quantitative estimate of drug-likeness (QED) is 0.500. The predicted octanol–water partition coefficient (Wildman–Crippen LogP) is 3.88. The van der Waals surface area contributed by atoms with Crippen LogP contribution in [0.1, 0.15) is 5.56 Å². The third-order valence-electron chi connectivity index (χ3n) is 3.16. The van der Waals surface area contributed by atoms with Gasteiger partial charge in [-0.2, -0.15) is 0 Å². The molecular weight excluding hydrogens is 506 g/mol. The minimum atomic E-state index is -1.11. The molecule has 0 heterocycles. The number of para-hydroxylation sites is 2. The molecule has 3 aromatic rings. The molecule has 0 saturated carbocycles.